The van der Waals surface area contributed by atoms with Gasteiger partial charge in [-0.2, -0.15) is 0 Å². The third kappa shape index (κ3) is 5.11. The number of aromatic nitrogens is 2. The first-order valence-corrected chi connectivity index (χ1v) is 12.6. The highest BCUT2D eigenvalue weighted by Crippen LogP contribution is 2.27. The average Bonchev–Trinajstić information content (AvgIpc) is 2.85. The van der Waals surface area contributed by atoms with E-state index in [9.17, 15) is 9.59 Å². The molecule has 1 heterocycles. The summed E-state index contributed by atoms with van der Waals surface area (Å²) in [4.78, 5) is 34.5. The van der Waals surface area contributed by atoms with Crippen LogP contribution in [0.3, 0.4) is 0 Å². The molecule has 0 fully saturated rings. The van der Waals surface area contributed by atoms with Gasteiger partial charge in [-0.3, -0.25) is 14.2 Å². The summed E-state index contributed by atoms with van der Waals surface area (Å²) in [6.45, 7) is 12.9. The first kappa shape index (κ1) is 25.4. The summed E-state index contributed by atoms with van der Waals surface area (Å²) in [5.41, 5.74) is 5.16. The molecule has 1 aromatic heterocycles. The molecule has 0 spiro atoms. The number of benzene rings is 3. The van der Waals surface area contributed by atoms with Crippen molar-refractivity contribution in [2.24, 2.45) is 5.92 Å². The molecular weight excluding hydrogens is 446 g/mol. The Morgan fingerprint density at radius 2 is 1.58 bits per heavy atom. The Balaban J connectivity index is 1.92. The number of hydrogen-bond acceptors (Lipinski definition) is 3. The molecule has 0 aliphatic rings. The van der Waals surface area contributed by atoms with Crippen molar-refractivity contribution in [2.75, 3.05) is 6.54 Å². The maximum Gasteiger partial charge on any atom is 0.266 e. The normalized spacial score (nSPS) is 12.2. The van der Waals surface area contributed by atoms with Gasteiger partial charge in [0.15, 0.2) is 0 Å². The number of aryl methyl sites for hydroxylation is 3. The lowest BCUT2D eigenvalue weighted by Gasteiger charge is -2.31. The SMILES string of the molecule is Cc1ccc(C(=O)N(CCC(C)C)C(C)c2nc3ccccc3c(=O)n2-c2ccc(C)cc2C)cc1. The van der Waals surface area contributed by atoms with Crippen molar-refractivity contribution in [1.82, 2.24) is 14.5 Å². The minimum absolute atomic E-state index is 0.0577. The summed E-state index contributed by atoms with van der Waals surface area (Å²) in [7, 11) is 0. The zero-order chi connectivity index (χ0) is 26.0. The molecule has 0 saturated carbocycles. The third-order valence-electron chi connectivity index (χ3n) is 6.74. The van der Waals surface area contributed by atoms with Gasteiger partial charge in [-0.25, -0.2) is 4.98 Å². The molecular formula is C31H35N3O2. The van der Waals surface area contributed by atoms with Crippen LogP contribution in [0.5, 0.6) is 0 Å². The van der Waals surface area contributed by atoms with E-state index in [0.29, 0.717) is 34.8 Å². The second kappa shape index (κ2) is 10.5. The van der Waals surface area contributed by atoms with Crippen LogP contribution in [0.4, 0.5) is 0 Å². The summed E-state index contributed by atoms with van der Waals surface area (Å²) >= 11 is 0. The summed E-state index contributed by atoms with van der Waals surface area (Å²) in [6.07, 6.45) is 0.851. The fourth-order valence-corrected chi connectivity index (χ4v) is 4.59. The van der Waals surface area contributed by atoms with E-state index >= 15 is 0 Å². The minimum atomic E-state index is -0.421. The highest BCUT2D eigenvalue weighted by Gasteiger charge is 2.28. The van der Waals surface area contributed by atoms with E-state index in [1.807, 2.05) is 93.3 Å². The Labute approximate surface area is 213 Å². The number of para-hydroxylation sites is 1. The Morgan fingerprint density at radius 3 is 2.25 bits per heavy atom. The van der Waals surface area contributed by atoms with Gasteiger partial charge < -0.3 is 4.90 Å². The Kier molecular flexibility index (Phi) is 7.39. The molecule has 36 heavy (non-hydrogen) atoms. The summed E-state index contributed by atoms with van der Waals surface area (Å²) in [5.74, 6) is 0.934. The lowest BCUT2D eigenvalue weighted by Crippen LogP contribution is -2.38. The van der Waals surface area contributed by atoms with Gasteiger partial charge in [0.1, 0.15) is 5.82 Å². The molecule has 0 radical (unpaired) electrons. The standard InChI is InChI=1S/C31H35N3O2/c1-20(2)17-18-33(30(35)25-14-11-21(3)12-15-25)24(6)29-32-27-10-8-7-9-26(27)31(36)34(29)28-16-13-22(4)19-23(28)5/h7-16,19-20,24H,17-18H2,1-6H3. The van der Waals surface area contributed by atoms with E-state index in [0.717, 1.165) is 28.8 Å². The molecule has 0 saturated heterocycles. The number of hydrogen-bond donors (Lipinski definition) is 0. The van der Waals surface area contributed by atoms with Crippen LogP contribution in [0.2, 0.25) is 0 Å². The van der Waals surface area contributed by atoms with E-state index < -0.39 is 6.04 Å². The first-order valence-electron chi connectivity index (χ1n) is 12.6. The second-order valence-electron chi connectivity index (χ2n) is 10.1. The van der Waals surface area contributed by atoms with Gasteiger partial charge in [0.25, 0.3) is 11.5 Å². The summed E-state index contributed by atoms with van der Waals surface area (Å²) < 4.78 is 1.70. The number of nitrogens with zero attached hydrogens (tertiary/aromatic N) is 3. The van der Waals surface area contributed by atoms with Crippen molar-refractivity contribution in [1.29, 1.82) is 0 Å². The van der Waals surface area contributed by atoms with Crippen molar-refractivity contribution in [3.05, 3.63) is 105 Å². The lowest BCUT2D eigenvalue weighted by atomic mass is 10.1. The highest BCUT2D eigenvalue weighted by molar-refractivity contribution is 5.94. The lowest BCUT2D eigenvalue weighted by molar-refractivity contribution is 0.0671. The molecule has 1 unspecified atom stereocenters. The molecule has 0 aliphatic carbocycles. The Hall–Kier alpha value is -3.73. The van der Waals surface area contributed by atoms with Gasteiger partial charge in [0.2, 0.25) is 0 Å². The molecule has 4 aromatic rings. The maximum atomic E-state index is 13.9. The van der Waals surface area contributed by atoms with Crippen LogP contribution < -0.4 is 5.56 Å². The highest BCUT2D eigenvalue weighted by atomic mass is 16.2. The monoisotopic (exact) mass is 481 g/mol. The van der Waals surface area contributed by atoms with E-state index in [1.54, 1.807) is 4.57 Å². The molecule has 1 atom stereocenters. The predicted octanol–water partition coefficient (Wildman–Crippen LogP) is 6.56. The van der Waals surface area contributed by atoms with Crippen molar-refractivity contribution in [2.45, 2.75) is 54.0 Å². The van der Waals surface area contributed by atoms with Gasteiger partial charge in [-0.05, 0) is 75.9 Å². The van der Waals surface area contributed by atoms with Crippen molar-refractivity contribution in [3.8, 4) is 5.69 Å². The molecule has 5 nitrogen and oxygen atoms in total. The smallest absolute Gasteiger partial charge is 0.266 e. The number of carbonyl (C=O) groups excluding carboxylic acids is 1. The van der Waals surface area contributed by atoms with Crippen LogP contribution in [0.25, 0.3) is 16.6 Å². The van der Waals surface area contributed by atoms with E-state index in [2.05, 4.69) is 19.9 Å². The molecule has 1 amide bonds. The largest absolute Gasteiger partial charge is 0.329 e. The maximum absolute atomic E-state index is 13.9. The average molecular weight is 482 g/mol. The predicted molar refractivity (Wildman–Crippen MR) is 147 cm³/mol. The molecule has 0 bridgehead atoms. The van der Waals surface area contributed by atoms with Gasteiger partial charge in [-0.1, -0.05) is 61.4 Å². The van der Waals surface area contributed by atoms with Crippen LogP contribution in [0, 0.1) is 26.7 Å². The molecule has 5 heteroatoms. The molecule has 0 aliphatic heterocycles. The van der Waals surface area contributed by atoms with E-state index in [-0.39, 0.29) is 11.5 Å². The zero-order valence-corrected chi connectivity index (χ0v) is 22.1. The number of fused-ring (bicyclic) bond motifs is 1. The second-order valence-corrected chi connectivity index (χ2v) is 10.1. The fraction of sp³-hybridized carbons (Fsp3) is 0.323. The third-order valence-corrected chi connectivity index (χ3v) is 6.74. The fourth-order valence-electron chi connectivity index (χ4n) is 4.59. The van der Waals surface area contributed by atoms with Crippen molar-refractivity contribution < 1.29 is 4.79 Å². The van der Waals surface area contributed by atoms with Crippen LogP contribution in [-0.2, 0) is 0 Å². The summed E-state index contributed by atoms with van der Waals surface area (Å²) in [6, 6.07) is 20.7. The Morgan fingerprint density at radius 1 is 0.917 bits per heavy atom. The van der Waals surface area contributed by atoms with Crippen LogP contribution in [0.1, 0.15) is 66.1 Å². The van der Waals surface area contributed by atoms with Gasteiger partial charge in [0, 0.05) is 12.1 Å². The van der Waals surface area contributed by atoms with Gasteiger partial charge >= 0.3 is 0 Å². The summed E-state index contributed by atoms with van der Waals surface area (Å²) in [5, 5.41) is 0.562. The Bertz CT molecular complexity index is 1450. The van der Waals surface area contributed by atoms with Crippen LogP contribution >= 0.6 is 0 Å². The van der Waals surface area contributed by atoms with Crippen molar-refractivity contribution >= 4 is 16.8 Å². The number of rotatable bonds is 7. The first-order chi connectivity index (χ1) is 17.2. The van der Waals surface area contributed by atoms with E-state index in [1.165, 1.54) is 0 Å². The zero-order valence-electron chi connectivity index (χ0n) is 22.1. The molecule has 3 aromatic carbocycles. The molecule has 4 rings (SSSR count). The van der Waals surface area contributed by atoms with Crippen LogP contribution in [0.15, 0.2) is 71.5 Å². The minimum Gasteiger partial charge on any atom is -0.329 e. The number of carbonyl (C=O) groups is 1. The number of amides is 1. The van der Waals surface area contributed by atoms with E-state index in [4.69, 9.17) is 4.98 Å². The topological polar surface area (TPSA) is 55.2 Å². The van der Waals surface area contributed by atoms with Crippen LogP contribution in [-0.4, -0.2) is 26.9 Å². The van der Waals surface area contributed by atoms with Gasteiger partial charge in [-0.15, -0.1) is 0 Å². The van der Waals surface area contributed by atoms with Crippen molar-refractivity contribution in [3.63, 3.8) is 0 Å². The molecule has 0 N–H and O–H groups in total. The molecule has 186 valence electrons. The van der Waals surface area contributed by atoms with Gasteiger partial charge in [0.05, 0.1) is 22.6 Å². The quantitative estimate of drug-likeness (QED) is 0.300.